The minimum Gasteiger partial charge on any atom is -0.494 e. The van der Waals surface area contributed by atoms with Crippen LogP contribution in [0.2, 0.25) is 0 Å². The van der Waals surface area contributed by atoms with Crippen LogP contribution in [0.25, 0.3) is 11.0 Å². The summed E-state index contributed by atoms with van der Waals surface area (Å²) in [6.07, 6.45) is 0.778. The molecule has 0 saturated carbocycles. The van der Waals surface area contributed by atoms with Gasteiger partial charge in [-0.3, -0.25) is 4.99 Å². The van der Waals surface area contributed by atoms with Crippen molar-refractivity contribution in [1.29, 1.82) is 0 Å². The summed E-state index contributed by atoms with van der Waals surface area (Å²) < 4.78 is 5.51. The van der Waals surface area contributed by atoms with E-state index in [0.29, 0.717) is 13.2 Å². The molecule has 1 heterocycles. The van der Waals surface area contributed by atoms with Crippen LogP contribution in [0.4, 0.5) is 0 Å². The van der Waals surface area contributed by atoms with Crippen molar-refractivity contribution in [3.63, 3.8) is 0 Å². The van der Waals surface area contributed by atoms with Gasteiger partial charge in [-0.25, -0.2) is 4.98 Å². The number of aromatic amines is 1. The van der Waals surface area contributed by atoms with Gasteiger partial charge in [0.2, 0.25) is 0 Å². The zero-order chi connectivity index (χ0) is 19.8. The fraction of sp³-hybridized carbons (Fsp3) is 0.364. The van der Waals surface area contributed by atoms with Gasteiger partial charge < -0.3 is 19.9 Å². The summed E-state index contributed by atoms with van der Waals surface area (Å²) in [4.78, 5) is 14.9. The summed E-state index contributed by atoms with van der Waals surface area (Å²) in [6, 6.07) is 16.3. The van der Waals surface area contributed by atoms with E-state index in [1.165, 1.54) is 5.56 Å². The minimum absolute atomic E-state index is 0. The third-order valence-electron chi connectivity index (χ3n) is 4.40. The lowest BCUT2D eigenvalue weighted by atomic mass is 10.2. The second kappa shape index (κ2) is 11.6. The van der Waals surface area contributed by atoms with Crippen LogP contribution >= 0.6 is 24.0 Å². The van der Waals surface area contributed by atoms with E-state index in [-0.39, 0.29) is 24.0 Å². The second-order valence-corrected chi connectivity index (χ2v) is 6.62. The van der Waals surface area contributed by atoms with Crippen molar-refractivity contribution in [3.8, 4) is 5.75 Å². The Bertz CT molecular complexity index is 874. The number of hydrogen-bond acceptors (Lipinski definition) is 3. The normalized spacial score (nSPS) is 11.2. The largest absolute Gasteiger partial charge is 0.494 e. The van der Waals surface area contributed by atoms with Gasteiger partial charge in [-0.15, -0.1) is 24.0 Å². The molecule has 0 unspecified atom stereocenters. The number of fused-ring (bicyclic) bond motifs is 1. The molecule has 0 atom stereocenters. The van der Waals surface area contributed by atoms with E-state index in [0.717, 1.165) is 48.1 Å². The lowest BCUT2D eigenvalue weighted by Gasteiger charge is -2.22. The number of guanidine groups is 1. The van der Waals surface area contributed by atoms with E-state index in [1.807, 2.05) is 43.3 Å². The van der Waals surface area contributed by atoms with Gasteiger partial charge in [0, 0.05) is 33.1 Å². The summed E-state index contributed by atoms with van der Waals surface area (Å²) in [5, 5.41) is 3.37. The molecule has 0 aliphatic carbocycles. The molecule has 29 heavy (non-hydrogen) atoms. The number of nitrogens with one attached hydrogen (secondary N) is 2. The highest BCUT2D eigenvalue weighted by Gasteiger charge is 2.07. The first-order valence-electron chi connectivity index (χ1n) is 9.84. The van der Waals surface area contributed by atoms with E-state index in [1.54, 1.807) is 0 Å². The van der Waals surface area contributed by atoms with Crippen molar-refractivity contribution >= 4 is 41.0 Å². The Morgan fingerprint density at radius 1 is 1.14 bits per heavy atom. The predicted molar refractivity (Wildman–Crippen MR) is 130 cm³/mol. The van der Waals surface area contributed by atoms with Gasteiger partial charge in [0.15, 0.2) is 5.96 Å². The maximum absolute atomic E-state index is 5.51. The average Bonchev–Trinajstić information content (AvgIpc) is 3.12. The molecule has 0 fully saturated rings. The number of para-hydroxylation sites is 2. The Labute approximate surface area is 189 Å². The Morgan fingerprint density at radius 3 is 2.59 bits per heavy atom. The molecule has 0 aliphatic heterocycles. The van der Waals surface area contributed by atoms with Crippen molar-refractivity contribution < 1.29 is 4.74 Å². The molecule has 2 aromatic carbocycles. The molecule has 3 aromatic rings. The molecule has 7 heteroatoms. The third-order valence-corrected chi connectivity index (χ3v) is 4.40. The zero-order valence-corrected chi connectivity index (χ0v) is 19.6. The highest BCUT2D eigenvalue weighted by atomic mass is 127. The highest BCUT2D eigenvalue weighted by Crippen LogP contribution is 2.13. The van der Waals surface area contributed by atoms with E-state index in [4.69, 9.17) is 9.73 Å². The summed E-state index contributed by atoms with van der Waals surface area (Å²) in [6.45, 7) is 7.04. The molecule has 0 radical (unpaired) electrons. The van der Waals surface area contributed by atoms with E-state index >= 15 is 0 Å². The number of ether oxygens (including phenoxy) is 1. The van der Waals surface area contributed by atoms with Crippen LogP contribution in [0.5, 0.6) is 5.75 Å². The lowest BCUT2D eigenvalue weighted by Crippen LogP contribution is -2.38. The fourth-order valence-corrected chi connectivity index (χ4v) is 3.07. The summed E-state index contributed by atoms with van der Waals surface area (Å²) >= 11 is 0. The number of benzene rings is 2. The van der Waals surface area contributed by atoms with Gasteiger partial charge in [0.05, 0.1) is 17.6 Å². The maximum atomic E-state index is 5.51. The number of halogens is 1. The number of H-pyrrole nitrogens is 1. The molecular formula is C22H30IN5O. The summed E-state index contributed by atoms with van der Waals surface area (Å²) in [7, 11) is 2.05. The van der Waals surface area contributed by atoms with Crippen molar-refractivity contribution in [2.24, 2.45) is 4.99 Å². The van der Waals surface area contributed by atoms with E-state index in [2.05, 4.69) is 46.3 Å². The van der Waals surface area contributed by atoms with Crippen LogP contribution < -0.4 is 10.1 Å². The molecule has 156 valence electrons. The maximum Gasteiger partial charge on any atom is 0.193 e. The summed E-state index contributed by atoms with van der Waals surface area (Å²) in [5.41, 5.74) is 3.29. The van der Waals surface area contributed by atoms with Crippen LogP contribution in [0, 0.1) is 0 Å². The molecule has 6 nitrogen and oxygen atoms in total. The number of nitrogens with zero attached hydrogens (tertiary/aromatic N) is 3. The van der Waals surface area contributed by atoms with Crippen LogP contribution in [0.3, 0.4) is 0 Å². The first kappa shape index (κ1) is 23.0. The average molecular weight is 507 g/mol. The quantitative estimate of drug-likeness (QED) is 0.272. The molecule has 0 saturated heterocycles. The van der Waals surface area contributed by atoms with Crippen LogP contribution in [0.1, 0.15) is 25.2 Å². The SMILES string of the molecule is CCNC(=NCCc1nc2ccccc2[nH]1)N(C)Cc1ccc(OCC)cc1.I. The molecule has 3 rings (SSSR count). The zero-order valence-electron chi connectivity index (χ0n) is 17.3. The van der Waals surface area contributed by atoms with Gasteiger partial charge >= 0.3 is 0 Å². The molecule has 0 aliphatic rings. The monoisotopic (exact) mass is 507 g/mol. The Kier molecular flexibility index (Phi) is 9.24. The number of aliphatic imine (C=N–C) groups is 1. The smallest absolute Gasteiger partial charge is 0.193 e. The van der Waals surface area contributed by atoms with Gasteiger partial charge in [-0.1, -0.05) is 24.3 Å². The van der Waals surface area contributed by atoms with Gasteiger partial charge in [-0.05, 0) is 43.7 Å². The second-order valence-electron chi connectivity index (χ2n) is 6.62. The number of rotatable bonds is 8. The fourth-order valence-electron chi connectivity index (χ4n) is 3.07. The summed E-state index contributed by atoms with van der Waals surface area (Å²) in [5.74, 6) is 2.77. The number of imidazole rings is 1. The first-order chi connectivity index (χ1) is 13.7. The van der Waals surface area contributed by atoms with Gasteiger partial charge in [-0.2, -0.15) is 0 Å². The number of aromatic nitrogens is 2. The van der Waals surface area contributed by atoms with E-state index in [9.17, 15) is 0 Å². The molecule has 1 aromatic heterocycles. The molecular weight excluding hydrogens is 477 g/mol. The molecule has 2 N–H and O–H groups in total. The van der Waals surface area contributed by atoms with Crippen LogP contribution in [0.15, 0.2) is 53.5 Å². The third kappa shape index (κ3) is 6.62. The van der Waals surface area contributed by atoms with Crippen LogP contribution in [-0.2, 0) is 13.0 Å². The van der Waals surface area contributed by atoms with Crippen LogP contribution in [-0.4, -0.2) is 47.6 Å². The molecule has 0 bridgehead atoms. The number of hydrogen-bond donors (Lipinski definition) is 2. The van der Waals surface area contributed by atoms with Gasteiger partial charge in [0.25, 0.3) is 0 Å². The first-order valence-corrected chi connectivity index (χ1v) is 9.84. The lowest BCUT2D eigenvalue weighted by molar-refractivity contribution is 0.340. The van der Waals surface area contributed by atoms with Crippen molar-refractivity contribution in [2.45, 2.75) is 26.8 Å². The Hall–Kier alpha value is -2.29. The van der Waals surface area contributed by atoms with Crippen molar-refractivity contribution in [2.75, 3.05) is 26.7 Å². The van der Waals surface area contributed by atoms with Crippen molar-refractivity contribution in [3.05, 3.63) is 59.9 Å². The topological polar surface area (TPSA) is 65.5 Å². The standard InChI is InChI=1S/C22H29N5O.HI/c1-4-23-22(27(3)16-17-10-12-18(13-11-17)28-5-2)24-15-14-21-25-19-8-6-7-9-20(19)26-21;/h6-13H,4-5,14-16H2,1-3H3,(H,23,24)(H,25,26);1H. The van der Waals surface area contributed by atoms with E-state index < -0.39 is 0 Å². The Balaban J connectivity index is 0.00000300. The Morgan fingerprint density at radius 2 is 1.90 bits per heavy atom. The predicted octanol–water partition coefficient (Wildman–Crippen LogP) is 4.22. The highest BCUT2D eigenvalue weighted by molar-refractivity contribution is 14.0. The molecule has 0 amide bonds. The minimum atomic E-state index is 0. The van der Waals surface area contributed by atoms with Crippen molar-refractivity contribution in [1.82, 2.24) is 20.2 Å². The molecule has 0 spiro atoms. The van der Waals surface area contributed by atoms with Gasteiger partial charge in [0.1, 0.15) is 11.6 Å².